The summed E-state index contributed by atoms with van der Waals surface area (Å²) in [6.07, 6.45) is 2.42. The number of nitrogens with one attached hydrogen (secondary N) is 1. The molecule has 1 atom stereocenters. The molecule has 0 spiro atoms. The second-order valence-corrected chi connectivity index (χ2v) is 7.67. The number of hydrogen-bond acceptors (Lipinski definition) is 3. The van der Waals surface area contributed by atoms with Crippen LogP contribution in [-0.2, 0) is 16.3 Å². The Morgan fingerprint density at radius 3 is 2.52 bits per heavy atom. The highest BCUT2D eigenvalue weighted by Gasteiger charge is 2.29. The lowest BCUT2D eigenvalue weighted by Gasteiger charge is -2.19. The zero-order valence-electron chi connectivity index (χ0n) is 12.0. The van der Waals surface area contributed by atoms with Crippen LogP contribution in [0.3, 0.4) is 0 Å². The third-order valence-corrected chi connectivity index (χ3v) is 6.00. The predicted molar refractivity (Wildman–Crippen MR) is 85.2 cm³/mol. The van der Waals surface area contributed by atoms with Gasteiger partial charge in [-0.05, 0) is 49.9 Å². The standard InChI is InChI=1S/C17H19NO2S/c1-13-9-11-15(12-10-13)21(19,20)17-8-4-6-14-5-2-3-7-16(14)18-17/h2-3,5,7,9-12,17-18H,4,6,8H2,1H3. The van der Waals surface area contributed by atoms with E-state index in [0.717, 1.165) is 24.1 Å². The first-order chi connectivity index (χ1) is 10.1. The van der Waals surface area contributed by atoms with E-state index in [1.807, 2.05) is 37.3 Å². The van der Waals surface area contributed by atoms with Gasteiger partial charge >= 0.3 is 0 Å². The first-order valence-electron chi connectivity index (χ1n) is 7.22. The van der Waals surface area contributed by atoms with Gasteiger partial charge in [0.25, 0.3) is 0 Å². The molecule has 3 nitrogen and oxygen atoms in total. The van der Waals surface area contributed by atoms with Crippen molar-refractivity contribution in [1.29, 1.82) is 0 Å². The molecule has 21 heavy (non-hydrogen) atoms. The highest BCUT2D eigenvalue weighted by atomic mass is 32.2. The molecule has 0 amide bonds. The molecule has 0 fully saturated rings. The van der Waals surface area contributed by atoms with Crippen LogP contribution >= 0.6 is 0 Å². The van der Waals surface area contributed by atoms with Crippen molar-refractivity contribution in [3.05, 3.63) is 59.7 Å². The molecular weight excluding hydrogens is 282 g/mol. The average molecular weight is 301 g/mol. The molecule has 0 saturated heterocycles. The Morgan fingerprint density at radius 1 is 1.05 bits per heavy atom. The van der Waals surface area contributed by atoms with Crippen LogP contribution in [0.4, 0.5) is 5.69 Å². The largest absolute Gasteiger partial charge is 0.369 e. The Kier molecular flexibility index (Phi) is 3.72. The van der Waals surface area contributed by atoms with Gasteiger partial charge in [-0.15, -0.1) is 0 Å². The SMILES string of the molecule is Cc1ccc(S(=O)(=O)C2CCCc3ccccc3N2)cc1. The van der Waals surface area contributed by atoms with Crippen LogP contribution in [0.25, 0.3) is 0 Å². The van der Waals surface area contributed by atoms with Gasteiger partial charge < -0.3 is 5.32 Å². The highest BCUT2D eigenvalue weighted by Crippen LogP contribution is 2.28. The van der Waals surface area contributed by atoms with Crippen molar-refractivity contribution < 1.29 is 8.42 Å². The maximum atomic E-state index is 12.8. The monoisotopic (exact) mass is 301 g/mol. The number of sulfone groups is 1. The van der Waals surface area contributed by atoms with E-state index in [2.05, 4.69) is 11.4 Å². The van der Waals surface area contributed by atoms with Crippen LogP contribution in [0.2, 0.25) is 0 Å². The van der Waals surface area contributed by atoms with Crippen LogP contribution in [0, 0.1) is 6.92 Å². The van der Waals surface area contributed by atoms with E-state index in [4.69, 9.17) is 0 Å². The summed E-state index contributed by atoms with van der Waals surface area (Å²) in [6, 6.07) is 15.0. The van der Waals surface area contributed by atoms with Gasteiger partial charge in [-0.25, -0.2) is 8.42 Å². The molecule has 1 aliphatic rings. The van der Waals surface area contributed by atoms with Crippen LogP contribution in [0.15, 0.2) is 53.4 Å². The summed E-state index contributed by atoms with van der Waals surface area (Å²) in [5.41, 5.74) is 3.20. The number of fused-ring (bicyclic) bond motifs is 1. The molecule has 2 aromatic carbocycles. The van der Waals surface area contributed by atoms with Crippen molar-refractivity contribution in [2.24, 2.45) is 0 Å². The fourth-order valence-corrected chi connectivity index (χ4v) is 4.33. The third-order valence-electron chi connectivity index (χ3n) is 3.97. The normalized spacial score (nSPS) is 18.4. The molecule has 0 aliphatic carbocycles. The van der Waals surface area contributed by atoms with Crippen molar-refractivity contribution in [1.82, 2.24) is 0 Å². The molecule has 1 unspecified atom stereocenters. The van der Waals surface area contributed by atoms with E-state index >= 15 is 0 Å². The Bertz CT molecular complexity index is 736. The van der Waals surface area contributed by atoms with Crippen molar-refractivity contribution in [3.63, 3.8) is 0 Å². The van der Waals surface area contributed by atoms with Crippen molar-refractivity contribution in [3.8, 4) is 0 Å². The van der Waals surface area contributed by atoms with E-state index in [9.17, 15) is 8.42 Å². The van der Waals surface area contributed by atoms with Crippen LogP contribution in [-0.4, -0.2) is 13.8 Å². The first kappa shape index (κ1) is 14.1. The molecular formula is C17H19NO2S. The van der Waals surface area contributed by atoms with E-state index in [1.165, 1.54) is 5.56 Å². The second-order valence-electron chi connectivity index (χ2n) is 5.54. The fraction of sp³-hybridized carbons (Fsp3) is 0.294. The molecule has 2 aromatic rings. The molecule has 1 N–H and O–H groups in total. The minimum atomic E-state index is -3.36. The van der Waals surface area contributed by atoms with Crippen molar-refractivity contribution in [2.45, 2.75) is 36.5 Å². The van der Waals surface area contributed by atoms with Gasteiger partial charge in [-0.1, -0.05) is 35.9 Å². The summed E-state index contributed by atoms with van der Waals surface area (Å²) in [6.45, 7) is 1.95. The molecule has 0 radical (unpaired) electrons. The average Bonchev–Trinajstić information content (AvgIpc) is 2.70. The molecule has 1 heterocycles. The number of anilines is 1. The zero-order chi connectivity index (χ0) is 14.9. The number of para-hydroxylation sites is 1. The number of rotatable bonds is 2. The maximum absolute atomic E-state index is 12.8. The van der Waals surface area contributed by atoms with Crippen molar-refractivity contribution >= 4 is 15.5 Å². The Hall–Kier alpha value is -1.81. The summed E-state index contributed by atoms with van der Waals surface area (Å²) >= 11 is 0. The van der Waals surface area contributed by atoms with E-state index < -0.39 is 15.2 Å². The van der Waals surface area contributed by atoms with E-state index in [-0.39, 0.29) is 0 Å². The van der Waals surface area contributed by atoms with E-state index in [0.29, 0.717) is 11.3 Å². The third kappa shape index (κ3) is 2.81. The Labute approximate surface area is 125 Å². The van der Waals surface area contributed by atoms with E-state index in [1.54, 1.807) is 12.1 Å². The minimum absolute atomic E-state index is 0.394. The highest BCUT2D eigenvalue weighted by molar-refractivity contribution is 7.92. The maximum Gasteiger partial charge on any atom is 0.199 e. The van der Waals surface area contributed by atoms with Crippen LogP contribution in [0.5, 0.6) is 0 Å². The summed E-state index contributed by atoms with van der Waals surface area (Å²) in [4.78, 5) is 0.394. The second kappa shape index (κ2) is 5.53. The van der Waals surface area contributed by atoms with Crippen LogP contribution in [0.1, 0.15) is 24.0 Å². The van der Waals surface area contributed by atoms with Gasteiger partial charge in [0.15, 0.2) is 9.84 Å². The van der Waals surface area contributed by atoms with Gasteiger partial charge in [-0.3, -0.25) is 0 Å². The smallest absolute Gasteiger partial charge is 0.199 e. The summed E-state index contributed by atoms with van der Waals surface area (Å²) in [5, 5.41) is 2.67. The molecule has 0 saturated carbocycles. The molecule has 0 aromatic heterocycles. The zero-order valence-corrected chi connectivity index (χ0v) is 12.9. The van der Waals surface area contributed by atoms with Gasteiger partial charge in [0.2, 0.25) is 0 Å². The Balaban J connectivity index is 1.94. The van der Waals surface area contributed by atoms with Gasteiger partial charge in [0.1, 0.15) is 5.37 Å². The fourth-order valence-electron chi connectivity index (χ4n) is 2.73. The summed E-state index contributed by atoms with van der Waals surface area (Å²) in [7, 11) is -3.36. The van der Waals surface area contributed by atoms with Crippen molar-refractivity contribution in [2.75, 3.05) is 5.32 Å². The summed E-state index contributed by atoms with van der Waals surface area (Å²) in [5.74, 6) is 0. The number of benzene rings is 2. The quantitative estimate of drug-likeness (QED) is 0.923. The molecule has 0 bridgehead atoms. The lowest BCUT2D eigenvalue weighted by atomic mass is 10.1. The lowest BCUT2D eigenvalue weighted by molar-refractivity contribution is 0.577. The Morgan fingerprint density at radius 2 is 1.76 bits per heavy atom. The van der Waals surface area contributed by atoms with Crippen LogP contribution < -0.4 is 5.32 Å². The molecule has 110 valence electrons. The van der Waals surface area contributed by atoms with Gasteiger partial charge in [0, 0.05) is 5.69 Å². The molecule has 3 rings (SSSR count). The predicted octanol–water partition coefficient (Wildman–Crippen LogP) is 3.54. The van der Waals surface area contributed by atoms with Gasteiger partial charge in [0.05, 0.1) is 4.90 Å². The molecule has 4 heteroatoms. The number of hydrogen-bond donors (Lipinski definition) is 1. The van der Waals surface area contributed by atoms with Gasteiger partial charge in [-0.2, -0.15) is 0 Å². The molecule has 1 aliphatic heterocycles. The summed E-state index contributed by atoms with van der Waals surface area (Å²) < 4.78 is 25.6. The number of aryl methyl sites for hydroxylation is 2. The minimum Gasteiger partial charge on any atom is -0.369 e. The lowest BCUT2D eigenvalue weighted by Crippen LogP contribution is -2.29. The topological polar surface area (TPSA) is 46.2 Å². The first-order valence-corrected chi connectivity index (χ1v) is 8.77.